The van der Waals surface area contributed by atoms with Crippen LogP contribution in [0.5, 0.6) is 0 Å². The van der Waals surface area contributed by atoms with Gasteiger partial charge in [-0.05, 0) is 12.8 Å². The summed E-state index contributed by atoms with van der Waals surface area (Å²) in [7, 11) is 0. The van der Waals surface area contributed by atoms with Crippen LogP contribution in [0.15, 0.2) is 0 Å². The van der Waals surface area contributed by atoms with Gasteiger partial charge in [-0.3, -0.25) is 9.59 Å². The van der Waals surface area contributed by atoms with E-state index in [1.807, 2.05) is 0 Å². The summed E-state index contributed by atoms with van der Waals surface area (Å²) < 4.78 is 10.2. The van der Waals surface area contributed by atoms with Gasteiger partial charge in [-0.1, -0.05) is 31.9 Å². The van der Waals surface area contributed by atoms with Gasteiger partial charge in [0.1, 0.15) is 22.9 Å². The molecular weight excluding hydrogens is 332 g/mol. The third kappa shape index (κ3) is 4.51. The molecule has 0 aromatic heterocycles. The molecule has 2 atom stereocenters. The number of carbonyl (C=O) groups excluding carboxylic acids is 2. The fourth-order valence-electron chi connectivity index (χ4n) is 1.55. The molecule has 1 aliphatic rings. The van der Waals surface area contributed by atoms with Crippen molar-refractivity contribution in [1.29, 1.82) is 0 Å². The van der Waals surface area contributed by atoms with Crippen LogP contribution in [0.25, 0.3) is 0 Å². The van der Waals surface area contributed by atoms with E-state index in [4.69, 9.17) is 9.47 Å². The second-order valence-corrected chi connectivity index (χ2v) is 4.43. The van der Waals surface area contributed by atoms with Gasteiger partial charge in [-0.25, -0.2) is 0 Å². The molecule has 0 unspecified atom stereocenters. The van der Waals surface area contributed by atoms with E-state index in [9.17, 15) is 9.59 Å². The first kappa shape index (κ1) is 13.0. The summed E-state index contributed by atoms with van der Waals surface area (Å²) in [4.78, 5) is 21.9. The molecule has 1 aliphatic carbocycles. The van der Waals surface area contributed by atoms with Crippen molar-refractivity contribution in [1.82, 2.24) is 0 Å². The highest BCUT2D eigenvalue weighted by atomic mass is 79.9. The highest BCUT2D eigenvalue weighted by Gasteiger charge is 2.29. The molecule has 0 aromatic carbocycles. The van der Waals surface area contributed by atoms with Crippen molar-refractivity contribution < 1.29 is 19.1 Å². The van der Waals surface area contributed by atoms with Crippen LogP contribution in [0.1, 0.15) is 19.3 Å². The minimum atomic E-state index is -0.271. The molecule has 0 saturated heterocycles. The zero-order chi connectivity index (χ0) is 11.3. The van der Waals surface area contributed by atoms with E-state index in [1.54, 1.807) is 0 Å². The minimum Gasteiger partial charge on any atom is -0.462 e. The molecule has 0 bridgehead atoms. The summed E-state index contributed by atoms with van der Waals surface area (Å²) in [5, 5.41) is 0.407. The lowest BCUT2D eigenvalue weighted by atomic mass is 10.3. The average molecular weight is 344 g/mol. The van der Waals surface area contributed by atoms with E-state index in [-0.39, 0.29) is 34.8 Å². The lowest BCUT2D eigenvalue weighted by Gasteiger charge is -2.12. The summed E-state index contributed by atoms with van der Waals surface area (Å²) in [6.07, 6.45) is 1.92. The van der Waals surface area contributed by atoms with Crippen LogP contribution in [-0.4, -0.2) is 34.8 Å². The molecule has 0 aliphatic heterocycles. The Bertz CT molecular complexity index is 220. The molecule has 0 N–H and O–H groups in total. The summed E-state index contributed by atoms with van der Waals surface area (Å²) >= 11 is 6.05. The quantitative estimate of drug-likeness (QED) is 0.576. The van der Waals surface area contributed by atoms with E-state index in [1.165, 1.54) is 0 Å². The number of rotatable bonds is 4. The van der Waals surface area contributed by atoms with Crippen LogP contribution in [0, 0.1) is 0 Å². The largest absolute Gasteiger partial charge is 0.462 e. The maximum Gasteiger partial charge on any atom is 0.316 e. The number of ether oxygens (including phenoxy) is 2. The lowest BCUT2D eigenvalue weighted by molar-refractivity contribution is -0.147. The number of hydrogen-bond acceptors (Lipinski definition) is 4. The van der Waals surface area contributed by atoms with E-state index in [0.717, 1.165) is 12.8 Å². The fourth-order valence-corrected chi connectivity index (χ4v) is 1.81. The molecule has 0 heterocycles. The second-order valence-electron chi connectivity index (χ2n) is 3.30. The number of hydrogen-bond donors (Lipinski definition) is 0. The van der Waals surface area contributed by atoms with Gasteiger partial charge in [0, 0.05) is 6.42 Å². The normalized spacial score (nSPS) is 24.9. The van der Waals surface area contributed by atoms with Crippen molar-refractivity contribution in [3.63, 3.8) is 0 Å². The Morgan fingerprint density at radius 3 is 1.73 bits per heavy atom. The maximum absolute atomic E-state index is 11.0. The number of halogens is 2. The van der Waals surface area contributed by atoms with Gasteiger partial charge >= 0.3 is 11.9 Å². The predicted octanol–water partition coefficient (Wildman–Crippen LogP) is 1.78. The van der Waals surface area contributed by atoms with Crippen LogP contribution in [0.3, 0.4) is 0 Å². The Morgan fingerprint density at radius 2 is 1.40 bits per heavy atom. The molecule has 15 heavy (non-hydrogen) atoms. The van der Waals surface area contributed by atoms with E-state index in [2.05, 4.69) is 31.9 Å². The van der Waals surface area contributed by atoms with Crippen molar-refractivity contribution in [3.8, 4) is 0 Å². The Hall–Kier alpha value is -0.100. The van der Waals surface area contributed by atoms with Gasteiger partial charge in [0.15, 0.2) is 0 Å². The van der Waals surface area contributed by atoms with Crippen LogP contribution in [0.2, 0.25) is 0 Å². The third-order valence-electron chi connectivity index (χ3n) is 2.15. The smallest absolute Gasteiger partial charge is 0.316 e. The first-order valence-electron chi connectivity index (χ1n) is 4.66. The van der Waals surface area contributed by atoms with Gasteiger partial charge < -0.3 is 9.47 Å². The summed E-state index contributed by atoms with van der Waals surface area (Å²) in [5.41, 5.74) is 0. The molecule has 0 spiro atoms. The van der Waals surface area contributed by atoms with Gasteiger partial charge in [0.05, 0.1) is 0 Å². The van der Waals surface area contributed by atoms with Crippen molar-refractivity contribution in [2.75, 3.05) is 10.7 Å². The Kier molecular flexibility index (Phi) is 5.60. The average Bonchev–Trinajstić information content (AvgIpc) is 2.65. The van der Waals surface area contributed by atoms with Gasteiger partial charge in [-0.15, -0.1) is 0 Å². The minimum absolute atomic E-state index is 0.108. The van der Waals surface area contributed by atoms with Crippen molar-refractivity contribution in [3.05, 3.63) is 0 Å². The maximum atomic E-state index is 11.0. The molecule has 6 heteroatoms. The third-order valence-corrected chi connectivity index (χ3v) is 3.07. The van der Waals surface area contributed by atoms with Crippen molar-refractivity contribution >= 4 is 43.8 Å². The summed E-state index contributed by atoms with van der Waals surface area (Å²) in [6.45, 7) is 0. The first-order valence-corrected chi connectivity index (χ1v) is 6.91. The van der Waals surface area contributed by atoms with Crippen LogP contribution in [0.4, 0.5) is 0 Å². The molecule has 1 fully saturated rings. The monoisotopic (exact) mass is 342 g/mol. The Balaban J connectivity index is 2.26. The predicted molar refractivity (Wildman–Crippen MR) is 61.2 cm³/mol. The highest BCUT2D eigenvalue weighted by molar-refractivity contribution is 9.09. The van der Waals surface area contributed by atoms with Crippen LogP contribution in [-0.2, 0) is 19.1 Å². The van der Waals surface area contributed by atoms with Crippen molar-refractivity contribution in [2.24, 2.45) is 0 Å². The molecule has 86 valence electrons. The van der Waals surface area contributed by atoms with E-state index in [0.29, 0.717) is 6.42 Å². The number of carbonyl (C=O) groups is 2. The van der Waals surface area contributed by atoms with Crippen LogP contribution < -0.4 is 0 Å². The Morgan fingerprint density at radius 1 is 1.00 bits per heavy atom. The lowest BCUT2D eigenvalue weighted by Crippen LogP contribution is -2.19. The molecule has 1 saturated carbocycles. The molecule has 4 nitrogen and oxygen atoms in total. The molecule has 0 aromatic rings. The number of esters is 2. The van der Waals surface area contributed by atoms with E-state index < -0.39 is 0 Å². The van der Waals surface area contributed by atoms with Crippen molar-refractivity contribution in [2.45, 2.75) is 31.5 Å². The molecule has 0 radical (unpaired) electrons. The highest BCUT2D eigenvalue weighted by Crippen LogP contribution is 2.25. The van der Waals surface area contributed by atoms with Gasteiger partial charge in [-0.2, -0.15) is 0 Å². The Labute approximate surface area is 105 Å². The SMILES string of the molecule is O=C(CBr)O[C@@H]1CC[C@H](OC(=O)CBr)C1. The summed E-state index contributed by atoms with van der Waals surface area (Å²) in [6, 6.07) is 0. The second kappa shape index (κ2) is 6.48. The zero-order valence-electron chi connectivity index (χ0n) is 8.08. The molecular formula is C9H12Br2O4. The summed E-state index contributed by atoms with van der Waals surface area (Å²) in [5.74, 6) is -0.542. The standard InChI is InChI=1S/C9H12Br2O4/c10-4-8(12)14-6-1-2-7(3-6)15-9(13)5-11/h6-7H,1-5H2/t6-,7+. The zero-order valence-corrected chi connectivity index (χ0v) is 11.3. The molecule has 1 rings (SSSR count). The topological polar surface area (TPSA) is 52.6 Å². The fraction of sp³-hybridized carbons (Fsp3) is 0.778. The van der Waals surface area contributed by atoms with Gasteiger partial charge in [0.2, 0.25) is 0 Å². The number of alkyl halides is 2. The molecule has 0 amide bonds. The van der Waals surface area contributed by atoms with Crippen LogP contribution >= 0.6 is 31.9 Å². The first-order chi connectivity index (χ1) is 7.15. The van der Waals surface area contributed by atoms with E-state index >= 15 is 0 Å². The van der Waals surface area contributed by atoms with Gasteiger partial charge in [0.25, 0.3) is 0 Å².